The molecule has 100 valence electrons. The van der Waals surface area contributed by atoms with Gasteiger partial charge < -0.3 is 5.11 Å². The first-order valence-electron chi connectivity index (χ1n) is 4.47. The van der Waals surface area contributed by atoms with Gasteiger partial charge in [-0.3, -0.25) is 0 Å². The van der Waals surface area contributed by atoms with Crippen LogP contribution in [0.25, 0.3) is 0 Å². The van der Waals surface area contributed by atoms with Crippen LogP contribution < -0.4 is 0 Å². The summed E-state index contributed by atoms with van der Waals surface area (Å²) in [6.45, 7) is 0. The van der Waals surface area contributed by atoms with E-state index in [1.807, 2.05) is 0 Å². The lowest BCUT2D eigenvalue weighted by molar-refractivity contribution is -0.290. The predicted octanol–water partition coefficient (Wildman–Crippen LogP) is 3.76. The van der Waals surface area contributed by atoms with Crippen LogP contribution in [-0.4, -0.2) is 23.5 Å². The minimum atomic E-state index is -5.72. The molecule has 0 saturated heterocycles. The van der Waals surface area contributed by atoms with Crippen molar-refractivity contribution < 1.29 is 31.9 Å². The molecule has 0 heterocycles. The van der Waals surface area contributed by atoms with Gasteiger partial charge in [-0.1, -0.05) is 6.07 Å². The number of hydrogen-bond donors (Lipinski definition) is 1. The maximum absolute atomic E-state index is 13.2. The summed E-state index contributed by atoms with van der Waals surface area (Å²) in [7, 11) is 0. The molecule has 0 amide bonds. The third kappa shape index (κ3) is 2.58. The Kier molecular flexibility index (Phi) is 3.89. The highest BCUT2D eigenvalue weighted by atomic mass is 32.2. The molecule has 0 saturated carbocycles. The molecular formula is C10H7F5O2S. The molecule has 0 aromatic heterocycles. The summed E-state index contributed by atoms with van der Waals surface area (Å²) < 4.78 is 63.0. The Morgan fingerprint density at radius 3 is 2.17 bits per heavy atom. The van der Waals surface area contributed by atoms with Gasteiger partial charge >= 0.3 is 18.1 Å². The SMILES string of the molecule is CSc1cc(C(=O)O)ccc1C(F)(F)C(F)(F)F. The highest BCUT2D eigenvalue weighted by molar-refractivity contribution is 7.98. The molecule has 0 spiro atoms. The fraction of sp³-hybridized carbons (Fsp3) is 0.300. The average molecular weight is 286 g/mol. The molecule has 0 radical (unpaired) electrons. The van der Waals surface area contributed by atoms with Crippen molar-refractivity contribution in [3.8, 4) is 0 Å². The van der Waals surface area contributed by atoms with E-state index in [0.717, 1.165) is 12.1 Å². The van der Waals surface area contributed by atoms with Crippen molar-refractivity contribution in [3.05, 3.63) is 29.3 Å². The number of hydrogen-bond acceptors (Lipinski definition) is 2. The summed E-state index contributed by atoms with van der Waals surface area (Å²) in [5.74, 6) is -6.41. The Bertz CT molecular complexity index is 470. The normalized spacial score (nSPS) is 12.6. The van der Waals surface area contributed by atoms with Gasteiger partial charge in [-0.15, -0.1) is 11.8 Å². The number of halogens is 5. The number of benzene rings is 1. The molecule has 0 atom stereocenters. The lowest BCUT2D eigenvalue weighted by atomic mass is 10.1. The molecule has 0 aliphatic carbocycles. The van der Waals surface area contributed by atoms with Crippen LogP contribution in [0.5, 0.6) is 0 Å². The van der Waals surface area contributed by atoms with Gasteiger partial charge in [0, 0.05) is 10.5 Å². The quantitative estimate of drug-likeness (QED) is 0.679. The fourth-order valence-corrected chi connectivity index (χ4v) is 1.90. The molecule has 0 fully saturated rings. The molecule has 0 unspecified atom stereocenters. The van der Waals surface area contributed by atoms with Gasteiger partial charge in [0.2, 0.25) is 0 Å². The number of rotatable bonds is 3. The van der Waals surface area contributed by atoms with E-state index >= 15 is 0 Å². The van der Waals surface area contributed by atoms with E-state index in [2.05, 4.69) is 0 Å². The number of carboxylic acids is 1. The van der Waals surface area contributed by atoms with Crippen molar-refractivity contribution in [2.24, 2.45) is 0 Å². The van der Waals surface area contributed by atoms with Crippen LogP contribution in [0.2, 0.25) is 0 Å². The lowest BCUT2D eigenvalue weighted by Gasteiger charge is -2.22. The lowest BCUT2D eigenvalue weighted by Crippen LogP contribution is -2.34. The molecule has 0 aliphatic rings. The monoisotopic (exact) mass is 286 g/mol. The highest BCUT2D eigenvalue weighted by Gasteiger charge is 2.59. The summed E-state index contributed by atoms with van der Waals surface area (Å²) in [4.78, 5) is 10.2. The van der Waals surface area contributed by atoms with Crippen molar-refractivity contribution in [2.75, 3.05) is 6.26 Å². The van der Waals surface area contributed by atoms with E-state index in [1.165, 1.54) is 6.26 Å². The van der Waals surface area contributed by atoms with Crippen LogP contribution in [-0.2, 0) is 5.92 Å². The van der Waals surface area contributed by atoms with E-state index in [4.69, 9.17) is 5.11 Å². The molecule has 0 aliphatic heterocycles. The van der Waals surface area contributed by atoms with Gasteiger partial charge in [-0.2, -0.15) is 22.0 Å². The van der Waals surface area contributed by atoms with Crippen LogP contribution in [0.1, 0.15) is 15.9 Å². The zero-order valence-corrected chi connectivity index (χ0v) is 9.70. The molecule has 0 bridgehead atoms. The molecule has 18 heavy (non-hydrogen) atoms. The van der Waals surface area contributed by atoms with Crippen molar-refractivity contribution in [3.63, 3.8) is 0 Å². The second kappa shape index (κ2) is 4.75. The van der Waals surface area contributed by atoms with Gasteiger partial charge in [0.25, 0.3) is 0 Å². The smallest absolute Gasteiger partial charge is 0.458 e. The molecule has 8 heteroatoms. The van der Waals surface area contributed by atoms with Crippen LogP contribution >= 0.6 is 11.8 Å². The van der Waals surface area contributed by atoms with Gasteiger partial charge in [-0.25, -0.2) is 4.79 Å². The second-order valence-electron chi connectivity index (χ2n) is 3.29. The van der Waals surface area contributed by atoms with Gasteiger partial charge in [-0.05, 0) is 18.4 Å². The first-order valence-corrected chi connectivity index (χ1v) is 5.70. The Morgan fingerprint density at radius 2 is 1.78 bits per heavy atom. The maximum atomic E-state index is 13.2. The van der Waals surface area contributed by atoms with Gasteiger partial charge in [0.15, 0.2) is 0 Å². The number of thioether (sulfide) groups is 1. The zero-order chi connectivity index (χ0) is 14.1. The second-order valence-corrected chi connectivity index (χ2v) is 4.14. The zero-order valence-electron chi connectivity index (χ0n) is 8.89. The summed E-state index contributed by atoms with van der Waals surface area (Å²) in [5.41, 5.74) is -1.59. The summed E-state index contributed by atoms with van der Waals surface area (Å²) >= 11 is 0.627. The number of carboxylic acid groups (broad SMARTS) is 1. The Morgan fingerprint density at radius 1 is 1.22 bits per heavy atom. The van der Waals surface area contributed by atoms with Crippen molar-refractivity contribution >= 4 is 17.7 Å². The third-order valence-corrected chi connectivity index (χ3v) is 2.92. The highest BCUT2D eigenvalue weighted by Crippen LogP contribution is 2.46. The largest absolute Gasteiger partial charge is 0.478 e. The topological polar surface area (TPSA) is 37.3 Å². The number of carbonyl (C=O) groups is 1. The van der Waals surface area contributed by atoms with E-state index < -0.39 is 28.5 Å². The van der Waals surface area contributed by atoms with E-state index in [1.54, 1.807) is 0 Å². The van der Waals surface area contributed by atoms with Crippen LogP contribution in [0.4, 0.5) is 22.0 Å². The van der Waals surface area contributed by atoms with E-state index in [0.29, 0.717) is 17.8 Å². The van der Waals surface area contributed by atoms with Crippen molar-refractivity contribution in [1.29, 1.82) is 0 Å². The Balaban J connectivity index is 3.38. The first-order chi connectivity index (χ1) is 8.11. The molecule has 1 N–H and O–H groups in total. The van der Waals surface area contributed by atoms with Crippen LogP contribution in [0.3, 0.4) is 0 Å². The molecule has 1 aromatic rings. The van der Waals surface area contributed by atoms with Crippen LogP contribution in [0, 0.1) is 0 Å². The number of alkyl halides is 5. The minimum Gasteiger partial charge on any atom is -0.478 e. The Hall–Kier alpha value is -1.31. The van der Waals surface area contributed by atoms with E-state index in [-0.39, 0.29) is 5.56 Å². The van der Waals surface area contributed by atoms with Crippen molar-refractivity contribution in [2.45, 2.75) is 17.0 Å². The molecule has 1 aromatic carbocycles. The molecule has 1 rings (SSSR count). The first kappa shape index (κ1) is 14.7. The minimum absolute atomic E-state index is 0.346. The Labute approximate surface area is 103 Å². The third-order valence-electron chi connectivity index (χ3n) is 2.14. The predicted molar refractivity (Wildman–Crippen MR) is 55.1 cm³/mol. The van der Waals surface area contributed by atoms with Gasteiger partial charge in [0.05, 0.1) is 5.56 Å². The fourth-order valence-electron chi connectivity index (χ4n) is 1.24. The average Bonchev–Trinajstić information content (AvgIpc) is 2.26. The van der Waals surface area contributed by atoms with E-state index in [9.17, 15) is 26.7 Å². The van der Waals surface area contributed by atoms with Crippen LogP contribution in [0.15, 0.2) is 23.1 Å². The number of aromatic carboxylic acids is 1. The van der Waals surface area contributed by atoms with Crippen molar-refractivity contribution in [1.82, 2.24) is 0 Å². The standard InChI is InChI=1S/C10H7F5O2S/c1-18-7-4-5(8(16)17)2-3-6(7)9(11,12)10(13,14)15/h2-4H,1H3,(H,16,17). The summed E-state index contributed by atoms with van der Waals surface area (Å²) in [5, 5.41) is 8.64. The molecule has 2 nitrogen and oxygen atoms in total. The summed E-state index contributed by atoms with van der Waals surface area (Å²) in [6.07, 6.45) is -4.43. The maximum Gasteiger partial charge on any atom is 0.458 e. The summed E-state index contributed by atoms with van der Waals surface area (Å²) in [6, 6.07) is 2.00. The molecular weight excluding hydrogens is 279 g/mol. The van der Waals surface area contributed by atoms with Gasteiger partial charge in [0.1, 0.15) is 0 Å².